The van der Waals surface area contributed by atoms with Crippen molar-refractivity contribution in [3.63, 3.8) is 0 Å². The molecule has 0 aliphatic heterocycles. The Balaban J connectivity index is 2.41. The Morgan fingerprint density at radius 1 is 1.20 bits per heavy atom. The number of aromatic nitrogens is 2. The predicted molar refractivity (Wildman–Crippen MR) is 58.4 cm³/mol. The first kappa shape index (κ1) is 9.65. The molecule has 76 valence electrons. The zero-order valence-corrected chi connectivity index (χ0v) is 8.77. The van der Waals surface area contributed by atoms with Gasteiger partial charge in [0.1, 0.15) is 6.29 Å². The lowest BCUT2D eigenvalue weighted by molar-refractivity contribution is 0.112. The molecule has 0 amide bonds. The lowest BCUT2D eigenvalue weighted by atomic mass is 10.2. The summed E-state index contributed by atoms with van der Waals surface area (Å²) < 4.78 is 1.82. The van der Waals surface area contributed by atoms with E-state index >= 15 is 0 Å². The second kappa shape index (κ2) is 3.69. The number of hydrogen-bond donors (Lipinski definition) is 0. The number of rotatable bonds is 2. The maximum atomic E-state index is 10.5. The van der Waals surface area contributed by atoms with Crippen molar-refractivity contribution in [1.82, 2.24) is 9.78 Å². The number of carbonyl (C=O) groups excluding carboxylic acids is 1. The molecule has 3 nitrogen and oxygen atoms in total. The van der Waals surface area contributed by atoms with Crippen LogP contribution in [0.2, 0.25) is 0 Å². The van der Waals surface area contributed by atoms with Crippen LogP contribution in [0.1, 0.15) is 21.6 Å². The van der Waals surface area contributed by atoms with Gasteiger partial charge in [-0.15, -0.1) is 0 Å². The Bertz CT molecular complexity index is 463. The molecule has 0 aliphatic carbocycles. The van der Waals surface area contributed by atoms with Gasteiger partial charge in [-0.3, -0.25) is 4.79 Å². The fourth-order valence-electron chi connectivity index (χ4n) is 1.38. The molecule has 1 aromatic heterocycles. The predicted octanol–water partition coefficient (Wildman–Crippen LogP) is 2.30. The molecule has 0 fully saturated rings. The Morgan fingerprint density at radius 2 is 1.87 bits per heavy atom. The number of aldehydes is 1. The summed E-state index contributed by atoms with van der Waals surface area (Å²) in [6.45, 7) is 4.00. The molecule has 1 aromatic carbocycles. The summed E-state index contributed by atoms with van der Waals surface area (Å²) in [4.78, 5) is 10.5. The van der Waals surface area contributed by atoms with E-state index in [-0.39, 0.29) is 0 Å². The van der Waals surface area contributed by atoms with Crippen molar-refractivity contribution >= 4 is 6.29 Å². The van der Waals surface area contributed by atoms with Gasteiger partial charge in [0.05, 0.1) is 11.4 Å². The summed E-state index contributed by atoms with van der Waals surface area (Å²) in [6.07, 6.45) is 2.81. The van der Waals surface area contributed by atoms with Gasteiger partial charge >= 0.3 is 0 Å². The van der Waals surface area contributed by atoms with Gasteiger partial charge in [0, 0.05) is 11.8 Å². The molecule has 1 heterocycles. The molecule has 0 bridgehead atoms. The summed E-state index contributed by atoms with van der Waals surface area (Å²) in [7, 11) is 0. The Kier molecular flexibility index (Phi) is 2.37. The number of carbonyl (C=O) groups is 1. The van der Waals surface area contributed by atoms with E-state index in [2.05, 4.69) is 5.10 Å². The molecular formula is C12H12N2O. The van der Waals surface area contributed by atoms with Crippen LogP contribution < -0.4 is 0 Å². The molecule has 0 spiro atoms. The number of benzene rings is 1. The van der Waals surface area contributed by atoms with E-state index in [9.17, 15) is 4.79 Å². The van der Waals surface area contributed by atoms with Crippen LogP contribution in [-0.2, 0) is 0 Å². The highest BCUT2D eigenvalue weighted by Crippen LogP contribution is 2.11. The van der Waals surface area contributed by atoms with Gasteiger partial charge in [-0.25, -0.2) is 4.68 Å². The van der Waals surface area contributed by atoms with Gasteiger partial charge in [0.2, 0.25) is 0 Å². The minimum absolute atomic E-state index is 0.680. The average Bonchev–Trinajstić information content (AvgIpc) is 2.59. The highest BCUT2D eigenvalue weighted by molar-refractivity contribution is 5.75. The van der Waals surface area contributed by atoms with E-state index in [4.69, 9.17) is 0 Å². The van der Waals surface area contributed by atoms with Gasteiger partial charge in [-0.05, 0) is 43.7 Å². The molecule has 3 heteroatoms. The van der Waals surface area contributed by atoms with Crippen molar-refractivity contribution in [2.24, 2.45) is 0 Å². The van der Waals surface area contributed by atoms with Crippen molar-refractivity contribution in [3.8, 4) is 5.69 Å². The van der Waals surface area contributed by atoms with E-state index in [1.165, 1.54) is 0 Å². The second-order valence-electron chi connectivity index (χ2n) is 3.55. The fourth-order valence-corrected chi connectivity index (χ4v) is 1.38. The average molecular weight is 200 g/mol. The number of hydrogen-bond acceptors (Lipinski definition) is 2. The van der Waals surface area contributed by atoms with Crippen LogP contribution in [0.5, 0.6) is 0 Å². The first-order chi connectivity index (χ1) is 7.20. The number of aryl methyl sites for hydroxylation is 2. The van der Waals surface area contributed by atoms with E-state index in [0.29, 0.717) is 5.56 Å². The first-order valence-corrected chi connectivity index (χ1v) is 4.79. The van der Waals surface area contributed by atoms with Gasteiger partial charge < -0.3 is 0 Å². The van der Waals surface area contributed by atoms with E-state index in [1.807, 2.05) is 36.9 Å². The third kappa shape index (κ3) is 1.81. The van der Waals surface area contributed by atoms with Crippen molar-refractivity contribution < 1.29 is 4.79 Å². The summed E-state index contributed by atoms with van der Waals surface area (Å²) in [5.74, 6) is 0. The van der Waals surface area contributed by atoms with Gasteiger partial charge in [0.25, 0.3) is 0 Å². The molecule has 0 aliphatic rings. The molecule has 0 saturated carbocycles. The van der Waals surface area contributed by atoms with Gasteiger partial charge in [-0.2, -0.15) is 5.10 Å². The van der Waals surface area contributed by atoms with Crippen molar-refractivity contribution in [2.45, 2.75) is 13.8 Å². The zero-order chi connectivity index (χ0) is 10.8. The normalized spacial score (nSPS) is 10.3. The third-order valence-electron chi connectivity index (χ3n) is 2.44. The Morgan fingerprint density at radius 3 is 2.33 bits per heavy atom. The van der Waals surface area contributed by atoms with Crippen LogP contribution in [-0.4, -0.2) is 16.1 Å². The van der Waals surface area contributed by atoms with Crippen molar-refractivity contribution in [3.05, 3.63) is 47.3 Å². The smallest absolute Gasteiger partial charge is 0.150 e. The lowest BCUT2D eigenvalue weighted by Gasteiger charge is -2.00. The Labute approximate surface area is 88.4 Å². The molecule has 0 atom stereocenters. The summed E-state index contributed by atoms with van der Waals surface area (Å²) in [5.41, 5.74) is 3.83. The SMILES string of the molecule is Cc1cn(-c2ccc(C=O)cc2)nc1C. The molecule has 2 aromatic rings. The molecule has 15 heavy (non-hydrogen) atoms. The van der Waals surface area contributed by atoms with Crippen LogP contribution in [0.4, 0.5) is 0 Å². The summed E-state index contributed by atoms with van der Waals surface area (Å²) in [5, 5.41) is 4.36. The lowest BCUT2D eigenvalue weighted by Crippen LogP contribution is -1.94. The minimum atomic E-state index is 0.680. The highest BCUT2D eigenvalue weighted by atomic mass is 16.1. The van der Waals surface area contributed by atoms with Crippen LogP contribution in [0.3, 0.4) is 0 Å². The van der Waals surface area contributed by atoms with E-state index < -0.39 is 0 Å². The summed E-state index contributed by atoms with van der Waals surface area (Å²) >= 11 is 0. The molecule has 0 radical (unpaired) electrons. The van der Waals surface area contributed by atoms with Crippen LogP contribution in [0.25, 0.3) is 5.69 Å². The molecule has 0 unspecified atom stereocenters. The zero-order valence-electron chi connectivity index (χ0n) is 8.77. The third-order valence-corrected chi connectivity index (χ3v) is 2.44. The van der Waals surface area contributed by atoms with Crippen LogP contribution in [0, 0.1) is 13.8 Å². The standard InChI is InChI=1S/C12H12N2O/c1-9-7-14(13-10(9)2)12-5-3-11(8-15)4-6-12/h3-8H,1-2H3. The second-order valence-corrected chi connectivity index (χ2v) is 3.55. The van der Waals surface area contributed by atoms with Gasteiger partial charge in [0.15, 0.2) is 0 Å². The monoisotopic (exact) mass is 200 g/mol. The quantitative estimate of drug-likeness (QED) is 0.697. The highest BCUT2D eigenvalue weighted by Gasteiger charge is 2.01. The number of nitrogens with zero attached hydrogens (tertiary/aromatic N) is 2. The van der Waals surface area contributed by atoms with Gasteiger partial charge in [-0.1, -0.05) is 0 Å². The van der Waals surface area contributed by atoms with Crippen molar-refractivity contribution in [1.29, 1.82) is 0 Å². The van der Waals surface area contributed by atoms with Crippen molar-refractivity contribution in [2.75, 3.05) is 0 Å². The Hall–Kier alpha value is -1.90. The molecular weight excluding hydrogens is 188 g/mol. The van der Waals surface area contributed by atoms with E-state index in [0.717, 1.165) is 23.2 Å². The molecule has 0 saturated heterocycles. The topological polar surface area (TPSA) is 34.9 Å². The summed E-state index contributed by atoms with van der Waals surface area (Å²) in [6, 6.07) is 7.34. The van der Waals surface area contributed by atoms with E-state index in [1.54, 1.807) is 12.1 Å². The van der Waals surface area contributed by atoms with Crippen LogP contribution >= 0.6 is 0 Å². The molecule has 2 rings (SSSR count). The first-order valence-electron chi connectivity index (χ1n) is 4.79. The van der Waals surface area contributed by atoms with Crippen LogP contribution in [0.15, 0.2) is 30.5 Å². The maximum absolute atomic E-state index is 10.5. The molecule has 0 N–H and O–H groups in total. The fraction of sp³-hybridized carbons (Fsp3) is 0.167. The minimum Gasteiger partial charge on any atom is -0.298 e. The largest absolute Gasteiger partial charge is 0.298 e. The maximum Gasteiger partial charge on any atom is 0.150 e.